The molecule has 26 heavy (non-hydrogen) atoms. The number of aromatic nitrogens is 2. The van der Waals surface area contributed by atoms with Crippen LogP contribution in [-0.2, 0) is 19.3 Å². The molecule has 0 unspecified atom stereocenters. The molecule has 0 saturated heterocycles. The Morgan fingerprint density at radius 1 is 1.42 bits per heavy atom. The zero-order valence-corrected chi connectivity index (χ0v) is 16.4. The molecule has 2 atom stereocenters. The number of nitrogens with one attached hydrogen (secondary N) is 2. The van der Waals surface area contributed by atoms with Crippen molar-refractivity contribution in [2.24, 2.45) is 5.92 Å². The molecule has 3 aromatic rings. The molecule has 0 radical (unpaired) electrons. The highest BCUT2D eigenvalue weighted by atomic mass is 32.1. The van der Waals surface area contributed by atoms with Crippen molar-refractivity contribution in [2.45, 2.75) is 52.5 Å². The molecule has 0 aliphatic heterocycles. The Bertz CT molecular complexity index is 1000. The highest BCUT2D eigenvalue weighted by Gasteiger charge is 2.23. The predicted molar refractivity (Wildman–Crippen MR) is 109 cm³/mol. The Balaban J connectivity index is 1.67. The van der Waals surface area contributed by atoms with Crippen LogP contribution in [-0.4, -0.2) is 9.97 Å². The van der Waals surface area contributed by atoms with Crippen LogP contribution in [0.1, 0.15) is 55.1 Å². The third kappa shape index (κ3) is 3.16. The molecular formula is C21H25N3OS. The quantitative estimate of drug-likeness (QED) is 0.693. The topological polar surface area (TPSA) is 57.8 Å². The average Bonchev–Trinajstić information content (AvgIpc) is 2.99. The SMILES string of the molecule is CCc1cccc(N[C@@H](C)c2nc3sc4c(c3c(=O)[nH]2)CC[C@H](C)C4)c1. The summed E-state index contributed by atoms with van der Waals surface area (Å²) in [6.07, 6.45) is 4.23. The number of benzene rings is 1. The first-order valence-corrected chi connectivity index (χ1v) is 10.3. The molecule has 4 rings (SSSR count). The van der Waals surface area contributed by atoms with Crippen LogP contribution < -0.4 is 10.9 Å². The van der Waals surface area contributed by atoms with Crippen LogP contribution in [0.2, 0.25) is 0 Å². The van der Waals surface area contributed by atoms with E-state index in [-0.39, 0.29) is 11.6 Å². The van der Waals surface area contributed by atoms with E-state index < -0.39 is 0 Å². The number of rotatable bonds is 4. The second-order valence-corrected chi connectivity index (χ2v) is 8.49. The van der Waals surface area contributed by atoms with E-state index >= 15 is 0 Å². The molecule has 0 fully saturated rings. The third-order valence-electron chi connectivity index (χ3n) is 5.31. The van der Waals surface area contributed by atoms with Crippen molar-refractivity contribution < 1.29 is 0 Å². The van der Waals surface area contributed by atoms with Gasteiger partial charge in [0.25, 0.3) is 5.56 Å². The van der Waals surface area contributed by atoms with Crippen molar-refractivity contribution in [1.29, 1.82) is 0 Å². The molecule has 4 nitrogen and oxygen atoms in total. The van der Waals surface area contributed by atoms with Gasteiger partial charge in [0.2, 0.25) is 0 Å². The number of aromatic amines is 1. The van der Waals surface area contributed by atoms with Crippen molar-refractivity contribution in [3.63, 3.8) is 0 Å². The predicted octanol–water partition coefficient (Wildman–Crippen LogP) is 4.84. The minimum Gasteiger partial charge on any atom is -0.375 e. The minimum atomic E-state index is -0.0581. The Labute approximate surface area is 157 Å². The van der Waals surface area contributed by atoms with E-state index in [1.807, 2.05) is 6.92 Å². The fraction of sp³-hybridized carbons (Fsp3) is 0.429. The van der Waals surface area contributed by atoms with Crippen molar-refractivity contribution in [2.75, 3.05) is 5.32 Å². The van der Waals surface area contributed by atoms with Gasteiger partial charge in [0.05, 0.1) is 11.4 Å². The van der Waals surface area contributed by atoms with Gasteiger partial charge in [-0.3, -0.25) is 4.79 Å². The summed E-state index contributed by atoms with van der Waals surface area (Å²) in [5.41, 5.74) is 3.59. The molecule has 1 aromatic carbocycles. The summed E-state index contributed by atoms with van der Waals surface area (Å²) in [7, 11) is 0. The highest BCUT2D eigenvalue weighted by Crippen LogP contribution is 2.36. The van der Waals surface area contributed by atoms with Crippen LogP contribution in [0.25, 0.3) is 10.2 Å². The Morgan fingerprint density at radius 2 is 2.27 bits per heavy atom. The first-order valence-electron chi connectivity index (χ1n) is 9.45. The first-order chi connectivity index (χ1) is 12.5. The molecule has 2 aromatic heterocycles. The molecule has 2 N–H and O–H groups in total. The zero-order valence-electron chi connectivity index (χ0n) is 15.6. The van der Waals surface area contributed by atoms with Gasteiger partial charge >= 0.3 is 0 Å². The Hall–Kier alpha value is -2.14. The summed E-state index contributed by atoms with van der Waals surface area (Å²) in [5, 5.41) is 4.29. The molecule has 1 aliphatic carbocycles. The van der Waals surface area contributed by atoms with Gasteiger partial charge < -0.3 is 10.3 Å². The molecule has 0 spiro atoms. The second kappa shape index (κ2) is 6.88. The molecule has 0 saturated carbocycles. The Kier molecular flexibility index (Phi) is 4.57. The van der Waals surface area contributed by atoms with E-state index in [2.05, 4.69) is 48.4 Å². The summed E-state index contributed by atoms with van der Waals surface area (Å²) in [6, 6.07) is 8.33. The smallest absolute Gasteiger partial charge is 0.259 e. The van der Waals surface area contributed by atoms with Gasteiger partial charge in [-0.2, -0.15) is 0 Å². The molecule has 136 valence electrons. The lowest BCUT2D eigenvalue weighted by atomic mass is 9.89. The fourth-order valence-corrected chi connectivity index (χ4v) is 5.16. The van der Waals surface area contributed by atoms with Crippen LogP contribution in [0.3, 0.4) is 0 Å². The largest absolute Gasteiger partial charge is 0.375 e. The maximum Gasteiger partial charge on any atom is 0.259 e. The second-order valence-electron chi connectivity index (χ2n) is 7.40. The first kappa shape index (κ1) is 17.3. The molecule has 0 bridgehead atoms. The summed E-state index contributed by atoms with van der Waals surface area (Å²) >= 11 is 1.70. The number of anilines is 1. The lowest BCUT2D eigenvalue weighted by Gasteiger charge is -2.17. The normalized spacial score (nSPS) is 17.9. The number of fused-ring (bicyclic) bond motifs is 3. The van der Waals surface area contributed by atoms with Crippen LogP contribution >= 0.6 is 11.3 Å². The van der Waals surface area contributed by atoms with E-state index in [0.29, 0.717) is 11.7 Å². The number of hydrogen-bond donors (Lipinski definition) is 2. The minimum absolute atomic E-state index is 0.00742. The summed E-state index contributed by atoms with van der Waals surface area (Å²) in [4.78, 5) is 22.8. The lowest BCUT2D eigenvalue weighted by molar-refractivity contribution is 0.509. The van der Waals surface area contributed by atoms with Gasteiger partial charge in [0, 0.05) is 10.6 Å². The van der Waals surface area contributed by atoms with Crippen molar-refractivity contribution in [3.8, 4) is 0 Å². The maximum atomic E-state index is 12.8. The van der Waals surface area contributed by atoms with E-state index in [1.165, 1.54) is 16.0 Å². The number of nitrogens with zero attached hydrogens (tertiary/aromatic N) is 1. The molecule has 0 amide bonds. The lowest BCUT2D eigenvalue weighted by Crippen LogP contribution is -2.18. The monoisotopic (exact) mass is 367 g/mol. The highest BCUT2D eigenvalue weighted by molar-refractivity contribution is 7.18. The summed E-state index contributed by atoms with van der Waals surface area (Å²) in [6.45, 7) is 6.47. The Morgan fingerprint density at radius 3 is 3.08 bits per heavy atom. The van der Waals surface area contributed by atoms with Crippen LogP contribution in [0.4, 0.5) is 5.69 Å². The van der Waals surface area contributed by atoms with Crippen molar-refractivity contribution >= 4 is 27.2 Å². The van der Waals surface area contributed by atoms with Gasteiger partial charge in [-0.25, -0.2) is 4.98 Å². The van der Waals surface area contributed by atoms with Crippen LogP contribution in [0.5, 0.6) is 0 Å². The van der Waals surface area contributed by atoms with Crippen LogP contribution in [0, 0.1) is 5.92 Å². The fourth-order valence-electron chi connectivity index (χ4n) is 3.77. The number of aryl methyl sites for hydroxylation is 2. The van der Waals surface area contributed by atoms with Crippen molar-refractivity contribution in [1.82, 2.24) is 9.97 Å². The summed E-state index contributed by atoms with van der Waals surface area (Å²) in [5.74, 6) is 1.40. The average molecular weight is 368 g/mol. The summed E-state index contributed by atoms with van der Waals surface area (Å²) < 4.78 is 0. The van der Waals surface area contributed by atoms with E-state index in [4.69, 9.17) is 4.98 Å². The number of hydrogen-bond acceptors (Lipinski definition) is 4. The number of H-pyrrole nitrogens is 1. The molecule has 5 heteroatoms. The van der Waals surface area contributed by atoms with Crippen molar-refractivity contribution in [3.05, 3.63) is 56.4 Å². The molecular weight excluding hydrogens is 342 g/mol. The van der Waals surface area contributed by atoms with E-state index in [0.717, 1.165) is 41.6 Å². The van der Waals surface area contributed by atoms with E-state index in [1.54, 1.807) is 11.3 Å². The van der Waals surface area contributed by atoms with Gasteiger partial charge in [-0.15, -0.1) is 11.3 Å². The molecule has 1 aliphatic rings. The van der Waals surface area contributed by atoms with Gasteiger partial charge in [-0.1, -0.05) is 26.0 Å². The zero-order chi connectivity index (χ0) is 18.3. The van der Waals surface area contributed by atoms with Gasteiger partial charge in [0.1, 0.15) is 10.7 Å². The number of thiophene rings is 1. The standard InChI is InChI=1S/C21H25N3OS/c1-4-14-6-5-7-15(11-14)22-13(3)19-23-20(25)18-16-9-8-12(2)10-17(16)26-21(18)24-19/h5-7,11-13,22H,4,8-10H2,1-3H3,(H,23,24,25)/t12-,13-/m0/s1. The maximum absolute atomic E-state index is 12.8. The third-order valence-corrected chi connectivity index (χ3v) is 6.46. The van der Waals surface area contributed by atoms with Crippen LogP contribution in [0.15, 0.2) is 29.1 Å². The van der Waals surface area contributed by atoms with Gasteiger partial charge in [0.15, 0.2) is 0 Å². The molecule has 2 heterocycles. The van der Waals surface area contributed by atoms with E-state index in [9.17, 15) is 4.79 Å². The van der Waals surface area contributed by atoms with Gasteiger partial charge in [-0.05, 0) is 61.8 Å².